The van der Waals surface area contributed by atoms with Crippen molar-refractivity contribution >= 4 is 65.0 Å². The van der Waals surface area contributed by atoms with Crippen LogP contribution in [-0.4, -0.2) is 237 Å². The smallest absolute Gasteiger partial charge is 0.248 e. The second kappa shape index (κ2) is 35.9. The Morgan fingerprint density at radius 2 is 0.909 bits per heavy atom. The van der Waals surface area contributed by atoms with E-state index in [1.54, 1.807) is 34.6 Å². The molecular formula is C64H115N11O13. The van der Waals surface area contributed by atoms with Gasteiger partial charge in [-0.1, -0.05) is 95.2 Å². The van der Waals surface area contributed by atoms with E-state index in [9.17, 15) is 53.4 Å². The summed E-state index contributed by atoms with van der Waals surface area (Å²) in [7, 11) is 9.77. The third-order valence-corrected chi connectivity index (χ3v) is 16.7. The van der Waals surface area contributed by atoms with E-state index in [1.165, 1.54) is 102 Å². The summed E-state index contributed by atoms with van der Waals surface area (Å²) in [6, 6.07) is -14.1. The molecule has 1 heterocycles. The predicted octanol–water partition coefficient (Wildman–Crippen LogP) is 3.16. The lowest BCUT2D eigenvalue weighted by Gasteiger charge is -2.41. The van der Waals surface area contributed by atoms with E-state index in [0.717, 1.165) is 9.80 Å². The summed E-state index contributed by atoms with van der Waals surface area (Å²) >= 11 is 0. The molecule has 0 radical (unpaired) electrons. The van der Waals surface area contributed by atoms with Crippen LogP contribution < -0.4 is 21.3 Å². The van der Waals surface area contributed by atoms with Crippen molar-refractivity contribution in [3.05, 3.63) is 12.2 Å². The van der Waals surface area contributed by atoms with Crippen LogP contribution in [0.1, 0.15) is 169 Å². The topological polar surface area (TPSA) is 299 Å². The van der Waals surface area contributed by atoms with Crippen LogP contribution in [0, 0.1) is 35.5 Å². The summed E-state index contributed by atoms with van der Waals surface area (Å²) in [5.74, 6) is -9.43. The van der Waals surface area contributed by atoms with E-state index in [4.69, 9.17) is 0 Å². The largest absolute Gasteiger partial charge is 0.394 e. The first-order chi connectivity index (χ1) is 40.5. The Kier molecular flexibility index (Phi) is 32.5. The zero-order chi connectivity index (χ0) is 68.3. The molecule has 24 nitrogen and oxygen atoms in total. The maximum absolute atomic E-state index is 15.2. The number of rotatable bonds is 17. The fourth-order valence-electron chi connectivity index (χ4n) is 11.1. The van der Waals surface area contributed by atoms with Crippen molar-refractivity contribution in [1.82, 2.24) is 55.6 Å². The monoisotopic (exact) mass is 1250 g/mol. The Labute approximate surface area is 526 Å². The molecule has 1 saturated heterocycles. The molecule has 12 atom stereocenters. The number of carbonyl (C=O) groups excluding carboxylic acids is 11. The van der Waals surface area contributed by atoms with Gasteiger partial charge in [-0.3, -0.25) is 52.7 Å². The third kappa shape index (κ3) is 22.7. The van der Waals surface area contributed by atoms with Crippen LogP contribution in [0.15, 0.2) is 12.2 Å². The summed E-state index contributed by atoms with van der Waals surface area (Å²) in [6.07, 6.45) is 4.95. The molecule has 0 aromatic carbocycles. The van der Waals surface area contributed by atoms with Gasteiger partial charge in [0.15, 0.2) is 0 Å². The zero-order valence-corrected chi connectivity index (χ0v) is 57.8. The molecular weight excluding hydrogens is 1130 g/mol. The number of nitrogens with zero attached hydrogens (tertiary/aromatic N) is 7. The highest BCUT2D eigenvalue weighted by Crippen LogP contribution is 2.26. The number of likely N-dealkylation sites (N-methyl/N-ethyl adjacent to an activating group) is 7. The average Bonchev–Trinajstić information content (AvgIpc) is 1.38. The quantitative estimate of drug-likeness (QED) is 0.114. The van der Waals surface area contributed by atoms with Crippen LogP contribution in [0.3, 0.4) is 0 Å². The van der Waals surface area contributed by atoms with Gasteiger partial charge in [0.05, 0.1) is 12.2 Å². The molecule has 11 amide bonds. The van der Waals surface area contributed by atoms with Gasteiger partial charge in [-0.2, -0.15) is 0 Å². The van der Waals surface area contributed by atoms with Crippen LogP contribution in [0.5, 0.6) is 0 Å². The van der Waals surface area contributed by atoms with Crippen LogP contribution in [0.2, 0.25) is 0 Å². The van der Waals surface area contributed by atoms with Crippen LogP contribution in [-0.2, 0) is 52.7 Å². The van der Waals surface area contributed by atoms with Gasteiger partial charge >= 0.3 is 0 Å². The number of carbonyl (C=O) groups is 11. The second-order valence-corrected chi connectivity index (χ2v) is 27.2. The highest BCUT2D eigenvalue weighted by atomic mass is 16.3. The van der Waals surface area contributed by atoms with E-state index >= 15 is 9.59 Å². The Bertz CT molecular complexity index is 2410. The minimum Gasteiger partial charge on any atom is -0.394 e. The lowest BCUT2D eigenvalue weighted by molar-refractivity contribution is -0.156. The molecule has 0 aliphatic carbocycles. The highest BCUT2D eigenvalue weighted by molar-refractivity contribution is 6.00. The Morgan fingerprint density at radius 3 is 1.36 bits per heavy atom. The minimum atomic E-state index is -1.64. The molecule has 1 fully saturated rings. The number of aliphatic hydroxyl groups is 2. The van der Waals surface area contributed by atoms with Crippen molar-refractivity contribution in [3.8, 4) is 0 Å². The first-order valence-corrected chi connectivity index (χ1v) is 31.6. The molecule has 24 heteroatoms. The van der Waals surface area contributed by atoms with E-state index in [-0.39, 0.29) is 62.2 Å². The average molecular weight is 1250 g/mol. The van der Waals surface area contributed by atoms with Gasteiger partial charge in [-0.25, -0.2) is 0 Å². The van der Waals surface area contributed by atoms with Gasteiger partial charge < -0.3 is 65.8 Å². The molecule has 1 aliphatic rings. The number of nitrogens with one attached hydrogen (secondary N) is 4. The van der Waals surface area contributed by atoms with Gasteiger partial charge in [0.2, 0.25) is 65.0 Å². The maximum atomic E-state index is 15.2. The lowest BCUT2D eigenvalue weighted by atomic mass is 9.93. The molecule has 1 rings (SSSR count). The fraction of sp³-hybridized carbons (Fsp3) is 0.797. The van der Waals surface area contributed by atoms with Crippen molar-refractivity contribution in [2.45, 2.75) is 241 Å². The van der Waals surface area contributed by atoms with Gasteiger partial charge in [0.1, 0.15) is 66.5 Å². The van der Waals surface area contributed by atoms with Crippen molar-refractivity contribution < 1.29 is 63.0 Å². The van der Waals surface area contributed by atoms with Crippen molar-refractivity contribution in [1.29, 1.82) is 0 Å². The number of hydrogen-bond donors (Lipinski definition) is 6. The van der Waals surface area contributed by atoms with Crippen molar-refractivity contribution in [3.63, 3.8) is 0 Å². The predicted molar refractivity (Wildman–Crippen MR) is 339 cm³/mol. The minimum absolute atomic E-state index is 0.0111. The van der Waals surface area contributed by atoms with Crippen LogP contribution in [0.4, 0.5) is 0 Å². The molecule has 6 N–H and O–H groups in total. The van der Waals surface area contributed by atoms with Gasteiger partial charge in [-0.05, 0) is 115 Å². The second-order valence-electron chi connectivity index (χ2n) is 27.2. The zero-order valence-electron chi connectivity index (χ0n) is 57.8. The Morgan fingerprint density at radius 1 is 0.477 bits per heavy atom. The normalized spacial score (nSPS) is 27.0. The summed E-state index contributed by atoms with van der Waals surface area (Å²) in [6.45, 7) is 28.4. The lowest BCUT2D eigenvalue weighted by Crippen LogP contribution is -2.62. The molecule has 0 aromatic rings. The van der Waals surface area contributed by atoms with Crippen molar-refractivity contribution in [2.75, 3.05) is 55.9 Å². The van der Waals surface area contributed by atoms with Gasteiger partial charge in [-0.15, -0.1) is 0 Å². The standard InChI is InChI=1S/C64H115N11O13/c1-25-27-28-41(13)33-46-55(79)67-44(26-2)58(82)74(23)50(35-76)61(85)73(22)49(34-64(16,17)88)56(80)68-51(39(9)10)62(86)69(18)45(30-29-36(3)4)54(78)65-42(14)53(77)66-43(15)57(81)71(20)47(31-37(5)6)59(83)72(21)48(32-38(7)8)60(84)75(24)52(40(11)12)63(87)70(46)19/h25,27,36-52,76,88H,26,28-35H2,1-24H3,(H,65,78)(H,66,77)(H,67,79)(H,68,80)/b27-25+/t41-,42-,43+,44+,45-,46+,47+,48+,49+,50-,51-,52+/m1/s1. The van der Waals surface area contributed by atoms with Gasteiger partial charge in [0, 0.05) is 55.8 Å². The summed E-state index contributed by atoms with van der Waals surface area (Å²) in [5.41, 5.74) is -1.60. The molecule has 0 aromatic heterocycles. The fourth-order valence-corrected chi connectivity index (χ4v) is 11.1. The molecule has 0 bridgehead atoms. The molecule has 504 valence electrons. The molecule has 88 heavy (non-hydrogen) atoms. The summed E-state index contributed by atoms with van der Waals surface area (Å²) in [4.78, 5) is 170. The SMILES string of the molecule is C/C=C/C[C@@H](C)C[C@H]1C(=O)N[C@@H](CC)C(=O)N(C)[C@H](CO)C(=O)N(C)[C@@H](CC(C)(C)O)C(=O)N[C@H](C(C)C)C(=O)N(C)[C@H](CCC(C)C)C(=O)N[C@H](C)C(=O)N[C@@H](C)C(=O)N(C)[C@@H](CC(C)C)C(=O)N(C)[C@@H](CC(C)C)C(=O)N(C)[C@@H](C(C)C)C(=O)N1C. The van der Waals surface area contributed by atoms with E-state index < -0.39 is 155 Å². The van der Waals surface area contributed by atoms with Crippen LogP contribution >= 0.6 is 0 Å². The first-order valence-electron chi connectivity index (χ1n) is 31.6. The summed E-state index contributed by atoms with van der Waals surface area (Å²) < 4.78 is 0. The first kappa shape index (κ1) is 79.8. The van der Waals surface area contributed by atoms with E-state index in [0.29, 0.717) is 12.8 Å². The number of hydrogen-bond acceptors (Lipinski definition) is 13. The van der Waals surface area contributed by atoms with E-state index in [1.807, 2.05) is 67.5 Å². The highest BCUT2D eigenvalue weighted by Gasteiger charge is 2.45. The Hall–Kier alpha value is -6.17. The molecule has 0 saturated carbocycles. The summed E-state index contributed by atoms with van der Waals surface area (Å²) in [5, 5.41) is 33.0. The van der Waals surface area contributed by atoms with E-state index in [2.05, 4.69) is 21.3 Å². The van der Waals surface area contributed by atoms with Crippen LogP contribution in [0.25, 0.3) is 0 Å². The molecule has 0 unspecified atom stereocenters. The number of amides is 11. The van der Waals surface area contributed by atoms with Gasteiger partial charge in [0.25, 0.3) is 0 Å². The molecule has 1 aliphatic heterocycles. The third-order valence-electron chi connectivity index (χ3n) is 16.7. The van der Waals surface area contributed by atoms with Crippen molar-refractivity contribution in [2.24, 2.45) is 35.5 Å². The molecule has 0 spiro atoms. The maximum Gasteiger partial charge on any atom is 0.248 e. The number of allylic oxidation sites excluding steroid dienone is 2. The Balaban J connectivity index is 4.41. The number of aliphatic hydroxyl groups excluding tert-OH is 1.